The number of halogens is 1. The van der Waals surface area contributed by atoms with Crippen LogP contribution in [0.1, 0.15) is 83.6 Å². The molecule has 0 aliphatic rings. The SMILES string of the molecule is CCCCCCCCc1cnc(-c2ccc(OCCC(F)CCCC)cc2)nc1. The molecule has 1 unspecified atom stereocenters. The van der Waals surface area contributed by atoms with Gasteiger partial charge < -0.3 is 4.74 Å². The van der Waals surface area contributed by atoms with Gasteiger partial charge in [-0.2, -0.15) is 0 Å². The van der Waals surface area contributed by atoms with Crippen molar-refractivity contribution in [2.45, 2.75) is 90.6 Å². The molecule has 0 saturated carbocycles. The first-order valence-electron chi connectivity index (χ1n) is 11.4. The summed E-state index contributed by atoms with van der Waals surface area (Å²) in [4.78, 5) is 9.04. The third kappa shape index (κ3) is 9.38. The highest BCUT2D eigenvalue weighted by Crippen LogP contribution is 2.20. The number of aromatic nitrogens is 2. The number of aryl methyl sites for hydroxylation is 1. The van der Waals surface area contributed by atoms with Crippen molar-refractivity contribution in [3.05, 3.63) is 42.2 Å². The number of benzene rings is 1. The molecule has 0 amide bonds. The Morgan fingerprint density at radius 3 is 2.17 bits per heavy atom. The second-order valence-electron chi connectivity index (χ2n) is 7.83. The second-order valence-corrected chi connectivity index (χ2v) is 7.83. The van der Waals surface area contributed by atoms with Gasteiger partial charge in [-0.3, -0.25) is 0 Å². The molecule has 1 heterocycles. The Morgan fingerprint density at radius 2 is 1.48 bits per heavy atom. The lowest BCUT2D eigenvalue weighted by atomic mass is 10.1. The van der Waals surface area contributed by atoms with Gasteiger partial charge in [0.25, 0.3) is 0 Å². The van der Waals surface area contributed by atoms with E-state index in [9.17, 15) is 4.39 Å². The molecule has 0 spiro atoms. The Morgan fingerprint density at radius 1 is 0.828 bits per heavy atom. The summed E-state index contributed by atoms with van der Waals surface area (Å²) in [5, 5.41) is 0. The van der Waals surface area contributed by atoms with Crippen molar-refractivity contribution in [3.63, 3.8) is 0 Å². The molecule has 0 aliphatic carbocycles. The molecule has 0 radical (unpaired) electrons. The molecule has 0 bridgehead atoms. The molecule has 4 heteroatoms. The van der Waals surface area contributed by atoms with E-state index < -0.39 is 6.17 Å². The van der Waals surface area contributed by atoms with Gasteiger partial charge in [0.15, 0.2) is 5.82 Å². The van der Waals surface area contributed by atoms with E-state index in [0.717, 1.165) is 36.4 Å². The van der Waals surface area contributed by atoms with Gasteiger partial charge in [-0.1, -0.05) is 58.8 Å². The van der Waals surface area contributed by atoms with Crippen LogP contribution in [-0.4, -0.2) is 22.7 Å². The van der Waals surface area contributed by atoms with Crippen molar-refractivity contribution in [1.82, 2.24) is 9.97 Å². The fraction of sp³-hybridized carbons (Fsp3) is 0.600. The Labute approximate surface area is 176 Å². The fourth-order valence-corrected chi connectivity index (χ4v) is 3.32. The number of alkyl halides is 1. The first-order chi connectivity index (χ1) is 14.2. The lowest BCUT2D eigenvalue weighted by Crippen LogP contribution is -2.07. The summed E-state index contributed by atoms with van der Waals surface area (Å²) in [6.07, 6.45) is 15.0. The van der Waals surface area contributed by atoms with Crippen LogP contribution in [0.3, 0.4) is 0 Å². The van der Waals surface area contributed by atoms with Crippen molar-refractivity contribution in [3.8, 4) is 17.1 Å². The van der Waals surface area contributed by atoms with Crippen LogP contribution in [-0.2, 0) is 6.42 Å². The molecule has 0 aliphatic heterocycles. The number of ether oxygens (including phenoxy) is 1. The van der Waals surface area contributed by atoms with Gasteiger partial charge in [0.05, 0.1) is 6.61 Å². The average Bonchev–Trinajstić information content (AvgIpc) is 2.76. The minimum Gasteiger partial charge on any atom is -0.493 e. The number of hydrogen-bond acceptors (Lipinski definition) is 3. The lowest BCUT2D eigenvalue weighted by molar-refractivity contribution is 0.223. The monoisotopic (exact) mass is 400 g/mol. The molecule has 2 aromatic rings. The van der Waals surface area contributed by atoms with Crippen molar-refractivity contribution >= 4 is 0 Å². The van der Waals surface area contributed by atoms with Crippen LogP contribution >= 0.6 is 0 Å². The topological polar surface area (TPSA) is 35.0 Å². The highest BCUT2D eigenvalue weighted by Gasteiger charge is 2.07. The predicted octanol–water partition coefficient (Wildman–Crippen LogP) is 7.34. The first-order valence-corrected chi connectivity index (χ1v) is 11.4. The summed E-state index contributed by atoms with van der Waals surface area (Å²) in [5.41, 5.74) is 2.17. The number of nitrogens with zero attached hydrogens (tertiary/aromatic N) is 2. The van der Waals surface area contributed by atoms with Crippen LogP contribution in [0, 0.1) is 0 Å². The quantitative estimate of drug-likeness (QED) is 0.293. The van der Waals surface area contributed by atoms with Crippen molar-refractivity contribution in [2.75, 3.05) is 6.61 Å². The van der Waals surface area contributed by atoms with E-state index in [1.54, 1.807) is 0 Å². The maximum Gasteiger partial charge on any atom is 0.159 e. The summed E-state index contributed by atoms with van der Waals surface area (Å²) < 4.78 is 19.3. The Hall–Kier alpha value is -1.97. The van der Waals surface area contributed by atoms with Gasteiger partial charge in [0.2, 0.25) is 0 Å². The van der Waals surface area contributed by atoms with Gasteiger partial charge in [-0.25, -0.2) is 14.4 Å². The summed E-state index contributed by atoms with van der Waals surface area (Å²) in [7, 11) is 0. The van der Waals surface area contributed by atoms with E-state index in [4.69, 9.17) is 4.74 Å². The smallest absolute Gasteiger partial charge is 0.159 e. The molecule has 29 heavy (non-hydrogen) atoms. The molecule has 2 rings (SSSR count). The summed E-state index contributed by atoms with van der Waals surface area (Å²) in [6, 6.07) is 7.73. The van der Waals surface area contributed by atoms with Crippen LogP contribution in [0.4, 0.5) is 4.39 Å². The largest absolute Gasteiger partial charge is 0.493 e. The van der Waals surface area contributed by atoms with Crippen LogP contribution in [0.25, 0.3) is 11.4 Å². The lowest BCUT2D eigenvalue weighted by Gasteiger charge is -2.10. The van der Waals surface area contributed by atoms with Gasteiger partial charge in [0, 0.05) is 24.4 Å². The van der Waals surface area contributed by atoms with Gasteiger partial charge in [0.1, 0.15) is 11.9 Å². The highest BCUT2D eigenvalue weighted by atomic mass is 19.1. The molecular formula is C25H37FN2O. The zero-order valence-corrected chi connectivity index (χ0v) is 18.2. The molecule has 0 fully saturated rings. The van der Waals surface area contributed by atoms with Crippen LogP contribution in [0.5, 0.6) is 5.75 Å². The summed E-state index contributed by atoms with van der Waals surface area (Å²) in [6.45, 7) is 4.74. The van der Waals surface area contributed by atoms with Crippen LogP contribution < -0.4 is 4.74 Å². The van der Waals surface area contributed by atoms with Gasteiger partial charge >= 0.3 is 0 Å². The number of rotatable bonds is 15. The maximum absolute atomic E-state index is 13.7. The van der Waals surface area contributed by atoms with E-state index >= 15 is 0 Å². The Kier molecular flexibility index (Phi) is 11.3. The van der Waals surface area contributed by atoms with E-state index in [2.05, 4.69) is 23.8 Å². The predicted molar refractivity (Wildman–Crippen MR) is 119 cm³/mol. The van der Waals surface area contributed by atoms with Crippen molar-refractivity contribution < 1.29 is 9.13 Å². The standard InChI is InChI=1S/C25H37FN2O/c1-3-5-7-8-9-10-11-21-19-27-25(28-20-21)22-13-15-24(16-14-22)29-18-17-23(26)12-6-4-2/h13-16,19-20,23H,3-12,17-18H2,1-2H3. The maximum atomic E-state index is 13.7. The minimum atomic E-state index is -0.766. The van der Waals surface area contributed by atoms with E-state index in [-0.39, 0.29) is 0 Å². The van der Waals surface area contributed by atoms with E-state index in [0.29, 0.717) is 19.4 Å². The normalized spacial score (nSPS) is 12.1. The summed E-state index contributed by atoms with van der Waals surface area (Å²) in [5.74, 6) is 1.49. The van der Waals surface area contributed by atoms with E-state index in [1.807, 2.05) is 36.7 Å². The zero-order chi connectivity index (χ0) is 20.7. The van der Waals surface area contributed by atoms with E-state index in [1.165, 1.54) is 44.1 Å². The first kappa shape index (κ1) is 23.3. The molecule has 1 atom stereocenters. The second kappa shape index (κ2) is 14.1. The minimum absolute atomic E-state index is 0.411. The molecule has 1 aromatic carbocycles. The molecular weight excluding hydrogens is 363 g/mol. The summed E-state index contributed by atoms with van der Waals surface area (Å²) >= 11 is 0. The van der Waals surface area contributed by atoms with Gasteiger partial charge in [-0.15, -0.1) is 0 Å². The number of unbranched alkanes of at least 4 members (excludes halogenated alkanes) is 6. The highest BCUT2D eigenvalue weighted by molar-refractivity contribution is 5.55. The van der Waals surface area contributed by atoms with Crippen LogP contribution in [0.15, 0.2) is 36.7 Å². The average molecular weight is 401 g/mol. The van der Waals surface area contributed by atoms with Gasteiger partial charge in [-0.05, 0) is 49.1 Å². The third-order valence-corrected chi connectivity index (χ3v) is 5.21. The molecule has 0 saturated heterocycles. The van der Waals surface area contributed by atoms with Crippen molar-refractivity contribution in [1.29, 1.82) is 0 Å². The Balaban J connectivity index is 1.73. The molecule has 1 aromatic heterocycles. The molecule has 0 N–H and O–H groups in total. The number of hydrogen-bond donors (Lipinski definition) is 0. The fourth-order valence-electron chi connectivity index (χ4n) is 3.32. The van der Waals surface area contributed by atoms with Crippen molar-refractivity contribution in [2.24, 2.45) is 0 Å². The van der Waals surface area contributed by atoms with Crippen LogP contribution in [0.2, 0.25) is 0 Å². The molecule has 160 valence electrons. The molecule has 3 nitrogen and oxygen atoms in total. The zero-order valence-electron chi connectivity index (χ0n) is 18.2. The third-order valence-electron chi connectivity index (χ3n) is 5.21. The Bertz CT molecular complexity index is 658.